The number of primary amides is 3. The molecule has 18 N–H and O–H groups in total. The summed E-state index contributed by atoms with van der Waals surface area (Å²) < 4.78 is 6.08. The van der Waals surface area contributed by atoms with E-state index in [1.807, 2.05) is 34.6 Å². The van der Waals surface area contributed by atoms with Gasteiger partial charge in [0, 0.05) is 43.2 Å². The summed E-state index contributed by atoms with van der Waals surface area (Å²) in [7, 11) is 1.73. The van der Waals surface area contributed by atoms with Crippen molar-refractivity contribution in [1.29, 1.82) is 0 Å². The van der Waals surface area contributed by atoms with Crippen molar-refractivity contribution in [3.8, 4) is 0 Å². The molecule has 107 heavy (non-hydrogen) atoms. The Kier molecular flexibility index (Phi) is 34.0. The van der Waals surface area contributed by atoms with Crippen LogP contribution in [0.15, 0.2) is 77.9 Å². The molecule has 34 nitrogen and oxygen atoms in total. The van der Waals surface area contributed by atoms with Crippen molar-refractivity contribution in [3.63, 3.8) is 0 Å². The number of allylic oxidation sites excluding steroid dienone is 2. The summed E-state index contributed by atoms with van der Waals surface area (Å²) in [5, 5.41) is 25.1. The van der Waals surface area contributed by atoms with Crippen molar-refractivity contribution in [2.75, 3.05) is 57.3 Å². The lowest BCUT2D eigenvalue weighted by atomic mass is 9.88. The maximum atomic E-state index is 15.2. The number of nitrogens with one attached hydrogen (secondary N) is 10. The first kappa shape index (κ1) is 85.9. The number of ether oxygens (including phenoxy) is 1. The third-order valence-electron chi connectivity index (χ3n) is 17.8. The molecule has 4 aliphatic rings. The van der Waals surface area contributed by atoms with Gasteiger partial charge in [-0.05, 0) is 104 Å². The minimum atomic E-state index is -1.86. The molecule has 4 aliphatic heterocycles. The lowest BCUT2D eigenvalue weighted by Gasteiger charge is -2.37. The minimum absolute atomic E-state index is 0.0630. The molecular weight excluding hydrogens is 1430 g/mol. The number of carbonyl (C=O) groups is 17. The fourth-order valence-corrected chi connectivity index (χ4v) is 14.7. The number of imide groups is 1. The number of rotatable bonds is 30. The van der Waals surface area contributed by atoms with E-state index >= 15 is 4.79 Å². The van der Waals surface area contributed by atoms with Crippen molar-refractivity contribution in [2.24, 2.45) is 40.7 Å². The third kappa shape index (κ3) is 27.3. The van der Waals surface area contributed by atoms with Crippen LogP contribution in [0.4, 0.5) is 0 Å². The zero-order valence-electron chi connectivity index (χ0n) is 60.5. The normalized spacial score (nSPS) is 23.4. The second-order valence-electron chi connectivity index (χ2n) is 27.1. The Balaban J connectivity index is 1.27. The monoisotopic (exact) mass is 1530 g/mol. The first-order valence-electron chi connectivity index (χ1n) is 35.2. The Labute approximate surface area is 627 Å². The number of likely N-dealkylation sites (tertiary alicyclic amines) is 2. The van der Waals surface area contributed by atoms with E-state index in [0.29, 0.717) is 36.8 Å². The van der Waals surface area contributed by atoms with Gasteiger partial charge in [-0.1, -0.05) is 105 Å². The topological polar surface area (TPSA) is 530 Å². The first-order chi connectivity index (χ1) is 50.8. The molecule has 36 heteroatoms. The number of amides is 16. The number of unbranched alkanes of at least 4 members (excludes halogenated alkanes) is 1. The number of nitrogens with two attached hydrogens (primary N) is 4. The molecule has 4 heterocycles. The third-order valence-corrected chi connectivity index (χ3v) is 20.3. The standard InChI is InChI=1S/C71H98N16O18S2/c1-38(2)25-52-61-62(53(105-52)26-39(3)4)71(104)87(70(61)103)35-60(95)78-33-58(93)76-32-57(92)77-34-59(94)80-48-36-106-107-37-49(69(102)86-24-12-10-16-50(86)68(101)81-44(15-9-11-23-72)64(97)79-31-56(75)91)85-66(99)47(30-55(74)90)83-63(96)43(21-22-54(73)89)29-51(88)45(27-41-13-7-6-8-14-41)82-65(98)46(84-67(48)100)28-42-19-17-40(5)18-20-42/h6-8,13-14,17-20,25-26,43-50,52-53,61-62H,9-12,15-16,21-24,27-37,72H2,1-5H3,(H2,73,89)(H2,74,90)(H2,75,91)(H,76,93)(H,77,92)(H,78,95)(H,79,97)(H,80,94)(H,81,101)(H,82,98)(H,83,96)(H,84,100)(H,85,99). The molecule has 0 spiro atoms. The van der Waals surface area contributed by atoms with E-state index in [-0.39, 0.29) is 45.2 Å². The highest BCUT2D eigenvalue weighted by Crippen LogP contribution is 2.42. The summed E-state index contributed by atoms with van der Waals surface area (Å²) >= 11 is 0. The Bertz CT molecular complexity index is 3640. The van der Waals surface area contributed by atoms with Crippen LogP contribution < -0.4 is 76.1 Å². The molecule has 0 saturated carbocycles. The van der Waals surface area contributed by atoms with Crippen molar-refractivity contribution < 1.29 is 86.2 Å². The molecule has 2 aromatic carbocycles. The lowest BCUT2D eigenvalue weighted by Crippen LogP contribution is -2.61. The van der Waals surface area contributed by atoms with Gasteiger partial charge in [0.05, 0.1) is 62.7 Å². The van der Waals surface area contributed by atoms with Crippen LogP contribution in [0.5, 0.6) is 0 Å². The second kappa shape index (κ2) is 42.3. The Morgan fingerprint density at radius 1 is 0.617 bits per heavy atom. The zero-order valence-corrected chi connectivity index (χ0v) is 62.1. The van der Waals surface area contributed by atoms with E-state index in [9.17, 15) is 76.7 Å². The van der Waals surface area contributed by atoms with Gasteiger partial charge in [0.1, 0.15) is 42.8 Å². The molecule has 0 aliphatic carbocycles. The summed E-state index contributed by atoms with van der Waals surface area (Å²) in [4.78, 5) is 236. The Morgan fingerprint density at radius 2 is 1.19 bits per heavy atom. The number of piperidine rings is 1. The van der Waals surface area contributed by atoms with Crippen LogP contribution in [0, 0.1) is 24.7 Å². The predicted octanol–water partition coefficient (Wildman–Crippen LogP) is -3.44. The van der Waals surface area contributed by atoms with Crippen molar-refractivity contribution >= 4 is 122 Å². The van der Waals surface area contributed by atoms with Gasteiger partial charge < -0.3 is 85.7 Å². The predicted molar refractivity (Wildman–Crippen MR) is 392 cm³/mol. The maximum Gasteiger partial charge on any atom is 0.246 e. The number of benzene rings is 2. The summed E-state index contributed by atoms with van der Waals surface area (Å²) in [5.41, 5.74) is 25.8. The number of fused-ring (bicyclic) bond motifs is 1. The van der Waals surface area contributed by atoms with Gasteiger partial charge >= 0.3 is 0 Å². The number of aryl methyl sites for hydroxylation is 1. The van der Waals surface area contributed by atoms with Crippen LogP contribution in [0.25, 0.3) is 0 Å². The van der Waals surface area contributed by atoms with Crippen LogP contribution in [0.3, 0.4) is 0 Å². The second-order valence-corrected chi connectivity index (χ2v) is 29.7. The minimum Gasteiger partial charge on any atom is -0.370 e. The molecular formula is C71H98N16O18S2. The molecule has 6 rings (SSSR count). The van der Waals surface area contributed by atoms with Crippen molar-refractivity contribution in [1.82, 2.24) is 63.0 Å². The van der Waals surface area contributed by atoms with Gasteiger partial charge in [-0.3, -0.25) is 86.4 Å². The first-order valence-corrected chi connectivity index (χ1v) is 37.7. The Hall–Kier alpha value is -10.1. The fourth-order valence-electron chi connectivity index (χ4n) is 12.4. The summed E-state index contributed by atoms with van der Waals surface area (Å²) in [6.45, 7) is 5.80. The van der Waals surface area contributed by atoms with Crippen LogP contribution in [-0.2, 0) is 99.1 Å². The van der Waals surface area contributed by atoms with Gasteiger partial charge in [-0.15, -0.1) is 0 Å². The summed E-state index contributed by atoms with van der Waals surface area (Å²) in [6.07, 6.45) is 0.980. The molecule has 2 aromatic rings. The molecule has 0 aromatic heterocycles. The SMILES string of the molecule is CC(C)=CC1OC(C=C(C)C)C2C(=O)N(CC(=O)NCC(=O)NCC(=O)NCC(=O)NC3CSSCC(C(=O)N4CCCCC4C(=O)NC(CCCCN)C(=O)NCC(N)=O)NC(=O)C(CC(N)=O)NC(=O)C(CCC(N)=O)CC(=O)C(Cc4ccccc4)NC(=O)C(Cc4ccc(C)cc4)NC3=O)C(=O)C12. The van der Waals surface area contributed by atoms with Crippen LogP contribution in [0.1, 0.15) is 109 Å². The Morgan fingerprint density at radius 3 is 1.79 bits per heavy atom. The molecule has 582 valence electrons. The quantitative estimate of drug-likeness (QED) is 0.0157. The number of carbonyl (C=O) groups excluding carboxylic acids is 17. The largest absolute Gasteiger partial charge is 0.370 e. The van der Waals surface area contributed by atoms with E-state index < -0.39 is 236 Å². The van der Waals surface area contributed by atoms with Crippen molar-refractivity contribution in [3.05, 3.63) is 94.6 Å². The average molecular weight is 1530 g/mol. The zero-order chi connectivity index (χ0) is 78.6. The highest BCUT2D eigenvalue weighted by molar-refractivity contribution is 8.76. The number of Topliss-reactive ketones (excluding diaryl/α,β-unsaturated/α-hetero) is 1. The van der Waals surface area contributed by atoms with Gasteiger partial charge in [0.15, 0.2) is 5.78 Å². The highest BCUT2D eigenvalue weighted by Gasteiger charge is 2.59. The van der Waals surface area contributed by atoms with E-state index in [4.69, 9.17) is 27.7 Å². The molecule has 0 bridgehead atoms. The molecule has 0 radical (unpaired) electrons. The van der Waals surface area contributed by atoms with Gasteiger partial charge in [-0.2, -0.15) is 0 Å². The van der Waals surface area contributed by atoms with E-state index in [1.54, 1.807) is 66.7 Å². The smallest absolute Gasteiger partial charge is 0.246 e. The number of nitrogens with zero attached hydrogens (tertiary/aromatic N) is 2. The van der Waals surface area contributed by atoms with Gasteiger partial charge in [-0.25, -0.2) is 0 Å². The maximum absolute atomic E-state index is 15.2. The molecule has 12 atom stereocenters. The lowest BCUT2D eigenvalue weighted by molar-refractivity contribution is -0.146. The van der Waals surface area contributed by atoms with Crippen LogP contribution in [-0.4, -0.2) is 222 Å². The van der Waals surface area contributed by atoms with Gasteiger partial charge in [0.2, 0.25) is 94.5 Å². The molecule has 4 fully saturated rings. The van der Waals surface area contributed by atoms with Crippen molar-refractivity contribution in [2.45, 2.75) is 166 Å². The number of hydrogen-bond donors (Lipinski definition) is 14. The number of ketones is 1. The van der Waals surface area contributed by atoms with E-state index in [1.165, 1.54) is 4.90 Å². The summed E-state index contributed by atoms with van der Waals surface area (Å²) in [6, 6.07) is 4.72. The molecule has 12 unspecified atom stereocenters. The van der Waals surface area contributed by atoms with Crippen LogP contribution in [0.2, 0.25) is 0 Å². The van der Waals surface area contributed by atoms with Crippen LogP contribution >= 0.6 is 21.6 Å². The fraction of sp³-hybridized carbons (Fsp3) is 0.535. The molecule has 16 amide bonds. The average Bonchev–Trinajstić information content (AvgIpc) is 1.59. The number of hydrogen-bond acceptors (Lipinski definition) is 21. The highest BCUT2D eigenvalue weighted by atomic mass is 33.1. The van der Waals surface area contributed by atoms with E-state index in [2.05, 4.69) is 53.2 Å². The molecule has 4 saturated heterocycles. The summed E-state index contributed by atoms with van der Waals surface area (Å²) in [5.74, 6) is -19.0. The van der Waals surface area contributed by atoms with Gasteiger partial charge in [0.25, 0.3) is 0 Å². The van der Waals surface area contributed by atoms with E-state index in [0.717, 1.165) is 43.2 Å².